The number of nitrogens with zero attached hydrogens (tertiary/aromatic N) is 1. The number of H-pyrrole nitrogens is 1. The van der Waals surface area contributed by atoms with Crippen LogP contribution in [0.3, 0.4) is 0 Å². The minimum atomic E-state index is -0.911. The Morgan fingerprint density at radius 1 is 1.18 bits per heavy atom. The number of ether oxygens (including phenoxy) is 1. The first-order valence-electron chi connectivity index (χ1n) is 13.7. The number of piperidine rings is 1. The largest absolute Gasteiger partial charge is 0.496 e. The van der Waals surface area contributed by atoms with Gasteiger partial charge in [0.05, 0.1) is 29.6 Å². The SMILES string of the molecule is COc1ccc(Cl)c2[nH]c(C(=O)N3C(C(N)=O)CC4(CCCCC4)C3[C@H](C[C@@H]3CCCNC3=O)C(N)=O)cc12. The third-order valence-electron chi connectivity index (χ3n) is 9.11. The van der Waals surface area contributed by atoms with Gasteiger partial charge in [-0.1, -0.05) is 30.9 Å². The molecule has 39 heavy (non-hydrogen) atoms. The van der Waals surface area contributed by atoms with Gasteiger partial charge >= 0.3 is 0 Å². The average Bonchev–Trinajstić information content (AvgIpc) is 3.50. The third-order valence-corrected chi connectivity index (χ3v) is 9.43. The molecule has 210 valence electrons. The lowest BCUT2D eigenvalue weighted by Gasteiger charge is -2.44. The normalized spacial score (nSPS) is 25.4. The molecular weight excluding hydrogens is 522 g/mol. The molecule has 0 bridgehead atoms. The molecule has 3 heterocycles. The van der Waals surface area contributed by atoms with E-state index in [1.807, 2.05) is 0 Å². The first-order valence-corrected chi connectivity index (χ1v) is 14.1. The minimum Gasteiger partial charge on any atom is -0.496 e. The van der Waals surface area contributed by atoms with E-state index in [1.54, 1.807) is 18.2 Å². The van der Waals surface area contributed by atoms with Gasteiger partial charge in [0.15, 0.2) is 0 Å². The highest BCUT2D eigenvalue weighted by atomic mass is 35.5. The molecule has 6 N–H and O–H groups in total. The summed E-state index contributed by atoms with van der Waals surface area (Å²) in [6.07, 6.45) is 6.40. The van der Waals surface area contributed by atoms with Crippen LogP contribution in [-0.4, -0.2) is 59.3 Å². The van der Waals surface area contributed by atoms with E-state index in [0.717, 1.165) is 38.5 Å². The lowest BCUT2D eigenvalue weighted by Crippen LogP contribution is -2.56. The second-order valence-corrected chi connectivity index (χ2v) is 11.7. The number of carbonyl (C=O) groups excluding carboxylic acids is 4. The molecule has 1 saturated carbocycles. The van der Waals surface area contributed by atoms with Crippen molar-refractivity contribution in [2.24, 2.45) is 28.7 Å². The molecule has 3 aliphatic rings. The van der Waals surface area contributed by atoms with Crippen molar-refractivity contribution in [3.8, 4) is 5.75 Å². The fraction of sp³-hybridized carbons (Fsp3) is 0.571. The minimum absolute atomic E-state index is 0.107. The summed E-state index contributed by atoms with van der Waals surface area (Å²) >= 11 is 6.42. The highest BCUT2D eigenvalue weighted by molar-refractivity contribution is 6.35. The number of hydrogen-bond donors (Lipinski definition) is 4. The number of amides is 4. The molecule has 2 aromatic rings. The van der Waals surface area contributed by atoms with Crippen LogP contribution in [0.1, 0.15) is 68.3 Å². The molecule has 2 aliphatic heterocycles. The van der Waals surface area contributed by atoms with Crippen LogP contribution in [0, 0.1) is 17.3 Å². The number of carbonyl (C=O) groups is 4. The van der Waals surface area contributed by atoms with E-state index in [2.05, 4.69) is 10.3 Å². The van der Waals surface area contributed by atoms with Gasteiger partial charge < -0.3 is 31.4 Å². The van der Waals surface area contributed by atoms with Crippen LogP contribution in [0.2, 0.25) is 5.02 Å². The highest BCUT2D eigenvalue weighted by Crippen LogP contribution is 2.54. The number of rotatable bonds is 7. The molecule has 3 fully saturated rings. The number of aromatic amines is 1. The molecule has 0 radical (unpaired) electrons. The first kappa shape index (κ1) is 27.3. The number of hydrogen-bond acceptors (Lipinski definition) is 5. The maximum atomic E-state index is 14.3. The summed E-state index contributed by atoms with van der Waals surface area (Å²) in [7, 11) is 1.53. The Hall–Kier alpha value is -3.27. The Kier molecular flexibility index (Phi) is 7.50. The van der Waals surface area contributed by atoms with Crippen molar-refractivity contribution < 1.29 is 23.9 Å². The van der Waals surface area contributed by atoms with Crippen molar-refractivity contribution in [3.05, 3.63) is 28.9 Å². The zero-order chi connectivity index (χ0) is 27.9. The molecule has 1 aromatic heterocycles. The van der Waals surface area contributed by atoms with Crippen molar-refractivity contribution in [1.29, 1.82) is 0 Å². The van der Waals surface area contributed by atoms with E-state index in [0.29, 0.717) is 41.1 Å². The van der Waals surface area contributed by atoms with Crippen molar-refractivity contribution in [2.75, 3.05) is 13.7 Å². The number of fused-ring (bicyclic) bond motifs is 1. The van der Waals surface area contributed by atoms with Gasteiger partial charge in [0.2, 0.25) is 17.7 Å². The van der Waals surface area contributed by atoms with E-state index < -0.39 is 47.1 Å². The Morgan fingerprint density at radius 3 is 2.56 bits per heavy atom. The van der Waals surface area contributed by atoms with E-state index in [-0.39, 0.29) is 18.0 Å². The van der Waals surface area contributed by atoms with Gasteiger partial charge in [-0.05, 0) is 62.1 Å². The van der Waals surface area contributed by atoms with E-state index >= 15 is 0 Å². The topological polar surface area (TPSA) is 161 Å². The summed E-state index contributed by atoms with van der Waals surface area (Å²) in [6.45, 7) is 0.602. The first-order chi connectivity index (χ1) is 18.7. The van der Waals surface area contributed by atoms with Gasteiger partial charge in [-0.2, -0.15) is 0 Å². The lowest BCUT2D eigenvalue weighted by molar-refractivity contribution is -0.131. The van der Waals surface area contributed by atoms with Gasteiger partial charge in [-0.15, -0.1) is 0 Å². The zero-order valence-corrected chi connectivity index (χ0v) is 22.9. The van der Waals surface area contributed by atoms with Crippen LogP contribution in [0.15, 0.2) is 18.2 Å². The van der Waals surface area contributed by atoms with E-state index in [4.69, 9.17) is 27.8 Å². The standard InChI is InChI=1S/C28H36ClN5O5/c1-39-21-8-7-18(29)22-16(21)13-19(33-22)27(38)34-20(25(31)36)14-28(9-3-2-4-10-28)23(34)17(24(30)35)12-15-6-5-11-32-26(15)37/h7-8,13,15,17,20,23,33H,2-6,9-12,14H2,1H3,(H2,30,35)(H2,31,36)(H,32,37)/t15-,17-,20?,23?/m0/s1. The third kappa shape index (κ3) is 4.83. The predicted octanol–water partition coefficient (Wildman–Crippen LogP) is 2.87. The number of nitrogens with one attached hydrogen (secondary N) is 2. The van der Waals surface area contributed by atoms with E-state index in [1.165, 1.54) is 12.0 Å². The second kappa shape index (κ2) is 10.7. The Bertz CT molecular complexity index is 1300. The number of methoxy groups -OCH3 is 1. The smallest absolute Gasteiger partial charge is 0.271 e. The fourth-order valence-corrected chi connectivity index (χ4v) is 7.55. The highest BCUT2D eigenvalue weighted by Gasteiger charge is 2.59. The molecule has 11 heteroatoms. The Labute approximate surface area is 232 Å². The van der Waals surface area contributed by atoms with E-state index in [9.17, 15) is 19.2 Å². The number of nitrogens with two attached hydrogens (primary N) is 2. The predicted molar refractivity (Wildman–Crippen MR) is 146 cm³/mol. The van der Waals surface area contributed by atoms with Crippen molar-refractivity contribution in [1.82, 2.24) is 15.2 Å². The van der Waals surface area contributed by atoms with Crippen LogP contribution in [0.5, 0.6) is 5.75 Å². The van der Waals surface area contributed by atoms with Gasteiger partial charge in [0, 0.05) is 17.8 Å². The van der Waals surface area contributed by atoms with Crippen LogP contribution >= 0.6 is 11.6 Å². The molecule has 1 aliphatic carbocycles. The zero-order valence-electron chi connectivity index (χ0n) is 22.1. The van der Waals surface area contributed by atoms with Gasteiger partial charge in [-0.3, -0.25) is 19.2 Å². The molecule has 10 nitrogen and oxygen atoms in total. The van der Waals surface area contributed by atoms with Gasteiger partial charge in [0.25, 0.3) is 5.91 Å². The summed E-state index contributed by atoms with van der Waals surface area (Å²) < 4.78 is 5.46. The van der Waals surface area contributed by atoms with Crippen LogP contribution in [0.25, 0.3) is 10.9 Å². The average molecular weight is 558 g/mol. The number of halogens is 1. The van der Waals surface area contributed by atoms with Gasteiger partial charge in [0.1, 0.15) is 17.5 Å². The molecule has 1 spiro atoms. The summed E-state index contributed by atoms with van der Waals surface area (Å²) in [6, 6.07) is 3.46. The Morgan fingerprint density at radius 2 is 1.92 bits per heavy atom. The Balaban J connectivity index is 1.61. The molecule has 2 saturated heterocycles. The monoisotopic (exact) mass is 557 g/mol. The molecular formula is C28H36ClN5O5. The maximum Gasteiger partial charge on any atom is 0.271 e. The molecule has 5 rings (SSSR count). The van der Waals surface area contributed by atoms with Crippen molar-refractivity contribution >= 4 is 46.1 Å². The quantitative estimate of drug-likeness (QED) is 0.411. The number of primary amides is 2. The van der Waals surface area contributed by atoms with Crippen LogP contribution in [-0.2, 0) is 14.4 Å². The molecule has 4 atom stereocenters. The molecule has 1 aromatic carbocycles. The van der Waals surface area contributed by atoms with Crippen molar-refractivity contribution in [3.63, 3.8) is 0 Å². The second-order valence-electron chi connectivity index (χ2n) is 11.3. The molecule has 4 amide bonds. The molecule has 2 unspecified atom stereocenters. The maximum absolute atomic E-state index is 14.3. The van der Waals surface area contributed by atoms with Crippen LogP contribution in [0.4, 0.5) is 0 Å². The summed E-state index contributed by atoms with van der Waals surface area (Å²) in [5.41, 5.74) is 12.2. The number of likely N-dealkylation sites (tertiary alicyclic amines) is 1. The van der Waals surface area contributed by atoms with Crippen LogP contribution < -0.4 is 21.5 Å². The van der Waals surface area contributed by atoms with Crippen molar-refractivity contribution in [2.45, 2.75) is 69.9 Å². The summed E-state index contributed by atoms with van der Waals surface area (Å²) in [5.74, 6) is -2.43. The fourth-order valence-electron chi connectivity index (χ4n) is 7.33. The number of aromatic nitrogens is 1. The number of benzene rings is 1. The summed E-state index contributed by atoms with van der Waals surface area (Å²) in [4.78, 5) is 57.6. The van der Waals surface area contributed by atoms with Gasteiger partial charge in [-0.25, -0.2) is 0 Å². The summed E-state index contributed by atoms with van der Waals surface area (Å²) in [5, 5.41) is 3.92. The lowest BCUT2D eigenvalue weighted by atomic mass is 9.64.